The van der Waals surface area contributed by atoms with Crippen LogP contribution in [0.3, 0.4) is 0 Å². The minimum absolute atomic E-state index is 0.0195. The van der Waals surface area contributed by atoms with Crippen LogP contribution in [0, 0.1) is 5.92 Å². The van der Waals surface area contributed by atoms with Gasteiger partial charge in [0.15, 0.2) is 0 Å². The molecule has 6 heteroatoms. The second-order valence-electron chi connectivity index (χ2n) is 5.42. The van der Waals surface area contributed by atoms with Gasteiger partial charge in [-0.25, -0.2) is 0 Å². The van der Waals surface area contributed by atoms with Gasteiger partial charge >= 0.3 is 0 Å². The number of nitrogens with one attached hydrogen (secondary N) is 1. The van der Waals surface area contributed by atoms with Crippen LogP contribution in [0.4, 0.5) is 0 Å². The summed E-state index contributed by atoms with van der Waals surface area (Å²) in [7, 11) is 0. The molecule has 0 bridgehead atoms. The average Bonchev–Trinajstić information content (AvgIpc) is 2.89. The molecule has 2 heterocycles. The Morgan fingerprint density at radius 3 is 2.90 bits per heavy atom. The van der Waals surface area contributed by atoms with Gasteiger partial charge in [-0.05, 0) is 12.8 Å². The quantitative estimate of drug-likeness (QED) is 0.921. The van der Waals surface area contributed by atoms with Gasteiger partial charge in [-0.2, -0.15) is 0 Å². The van der Waals surface area contributed by atoms with Gasteiger partial charge in [0, 0.05) is 23.5 Å². The first-order valence-electron chi connectivity index (χ1n) is 7.00. The van der Waals surface area contributed by atoms with E-state index < -0.39 is 6.04 Å². The maximum atomic E-state index is 12.7. The minimum atomic E-state index is -0.412. The number of amides is 2. The Morgan fingerprint density at radius 1 is 1.55 bits per heavy atom. The van der Waals surface area contributed by atoms with Gasteiger partial charge in [0.05, 0.1) is 12.1 Å². The van der Waals surface area contributed by atoms with Crippen molar-refractivity contribution in [2.45, 2.75) is 52.2 Å². The number of carbonyl (C=O) groups is 2. The van der Waals surface area contributed by atoms with Gasteiger partial charge in [-0.1, -0.05) is 20.3 Å². The summed E-state index contributed by atoms with van der Waals surface area (Å²) in [6.07, 6.45) is 3.00. The van der Waals surface area contributed by atoms with E-state index >= 15 is 0 Å². The molecule has 3 unspecified atom stereocenters. The molecule has 0 aliphatic carbocycles. The van der Waals surface area contributed by atoms with Crippen LogP contribution >= 0.6 is 11.3 Å². The number of hydrogen-bond donors (Lipinski definition) is 1. The molecular weight excluding hydrogens is 274 g/mol. The normalized spacial score (nSPS) is 25.2. The lowest BCUT2D eigenvalue weighted by atomic mass is 9.98. The van der Waals surface area contributed by atoms with Crippen LogP contribution in [0.5, 0.6) is 0 Å². The van der Waals surface area contributed by atoms with E-state index in [0.717, 1.165) is 11.3 Å². The highest BCUT2D eigenvalue weighted by molar-refractivity contribution is 7.09. The molecule has 0 spiro atoms. The van der Waals surface area contributed by atoms with Crippen molar-refractivity contribution in [3.8, 4) is 0 Å². The molecule has 3 atom stereocenters. The van der Waals surface area contributed by atoms with Crippen molar-refractivity contribution in [3.63, 3.8) is 0 Å². The van der Waals surface area contributed by atoms with Crippen LogP contribution < -0.4 is 5.32 Å². The predicted octanol–water partition coefficient (Wildman–Crippen LogP) is 1.79. The number of rotatable bonds is 4. The van der Waals surface area contributed by atoms with E-state index in [0.29, 0.717) is 13.0 Å². The van der Waals surface area contributed by atoms with Crippen molar-refractivity contribution in [3.05, 3.63) is 16.6 Å². The Balaban J connectivity index is 2.22. The van der Waals surface area contributed by atoms with Gasteiger partial charge in [0.2, 0.25) is 11.8 Å². The van der Waals surface area contributed by atoms with Crippen LogP contribution in [-0.2, 0) is 16.1 Å². The van der Waals surface area contributed by atoms with Gasteiger partial charge in [0.1, 0.15) is 6.04 Å². The number of carbonyl (C=O) groups excluding carboxylic acids is 2. The highest BCUT2D eigenvalue weighted by Crippen LogP contribution is 2.21. The molecule has 0 aromatic carbocycles. The molecule has 110 valence electrons. The lowest BCUT2D eigenvalue weighted by molar-refractivity contribution is -0.136. The second kappa shape index (κ2) is 6.35. The smallest absolute Gasteiger partial charge is 0.246 e. The highest BCUT2D eigenvalue weighted by Gasteiger charge is 2.36. The van der Waals surface area contributed by atoms with Crippen molar-refractivity contribution in [2.24, 2.45) is 5.92 Å². The van der Waals surface area contributed by atoms with Crippen LogP contribution in [-0.4, -0.2) is 33.8 Å². The molecule has 1 saturated heterocycles. The molecule has 0 radical (unpaired) electrons. The lowest BCUT2D eigenvalue weighted by Crippen LogP contribution is -2.49. The van der Waals surface area contributed by atoms with Crippen molar-refractivity contribution in [2.75, 3.05) is 0 Å². The highest BCUT2D eigenvalue weighted by atomic mass is 32.1. The topological polar surface area (TPSA) is 62.3 Å². The van der Waals surface area contributed by atoms with Crippen molar-refractivity contribution >= 4 is 23.2 Å². The third-order valence-corrected chi connectivity index (χ3v) is 4.67. The summed E-state index contributed by atoms with van der Waals surface area (Å²) in [6.45, 7) is 6.50. The minimum Gasteiger partial charge on any atom is -0.344 e. The molecule has 0 saturated carbocycles. The average molecular weight is 295 g/mol. The Bertz CT molecular complexity index is 475. The summed E-state index contributed by atoms with van der Waals surface area (Å²) in [5, 5.41) is 2.88. The Labute approximate surface area is 123 Å². The summed E-state index contributed by atoms with van der Waals surface area (Å²) in [5.41, 5.74) is 1.76. The van der Waals surface area contributed by atoms with E-state index in [9.17, 15) is 9.59 Å². The summed E-state index contributed by atoms with van der Waals surface area (Å²) in [4.78, 5) is 31.5. The molecule has 1 N–H and O–H groups in total. The number of thiazole rings is 1. The Hall–Kier alpha value is -1.43. The van der Waals surface area contributed by atoms with Gasteiger partial charge in [0.25, 0.3) is 0 Å². The molecular formula is C14H21N3O2S. The molecule has 1 fully saturated rings. The standard InChI is InChI=1S/C14H21N3O2S/c1-4-9(2)13-14(19)17(7-11-6-15-8-20-11)10(3)5-12(18)16-13/h6,8-10,13H,4-5,7H2,1-3H3,(H,16,18). The summed E-state index contributed by atoms with van der Waals surface area (Å²) >= 11 is 1.53. The van der Waals surface area contributed by atoms with E-state index in [1.54, 1.807) is 11.7 Å². The summed E-state index contributed by atoms with van der Waals surface area (Å²) in [6, 6.07) is -0.496. The van der Waals surface area contributed by atoms with Crippen LogP contribution in [0.2, 0.25) is 0 Å². The fourth-order valence-corrected chi connectivity index (χ4v) is 3.00. The molecule has 5 nitrogen and oxygen atoms in total. The predicted molar refractivity (Wildman–Crippen MR) is 78.1 cm³/mol. The number of hydrogen-bond acceptors (Lipinski definition) is 4. The molecule has 1 aliphatic heterocycles. The van der Waals surface area contributed by atoms with Crippen LogP contribution in [0.1, 0.15) is 38.5 Å². The third kappa shape index (κ3) is 3.17. The maximum Gasteiger partial charge on any atom is 0.246 e. The molecule has 1 aliphatic rings. The fraction of sp³-hybridized carbons (Fsp3) is 0.643. The summed E-state index contributed by atoms with van der Waals surface area (Å²) in [5.74, 6) is 0.120. The first kappa shape index (κ1) is 15.0. The number of nitrogens with zero attached hydrogens (tertiary/aromatic N) is 2. The number of aromatic nitrogens is 1. The van der Waals surface area contributed by atoms with Crippen LogP contribution in [0.15, 0.2) is 11.7 Å². The Kier molecular flexibility index (Phi) is 4.75. The largest absolute Gasteiger partial charge is 0.344 e. The van der Waals surface area contributed by atoms with Gasteiger partial charge in [-0.15, -0.1) is 11.3 Å². The van der Waals surface area contributed by atoms with Crippen LogP contribution in [0.25, 0.3) is 0 Å². The Morgan fingerprint density at radius 2 is 2.30 bits per heavy atom. The monoisotopic (exact) mass is 295 g/mol. The van der Waals surface area contributed by atoms with Crippen molar-refractivity contribution in [1.29, 1.82) is 0 Å². The van der Waals surface area contributed by atoms with E-state index in [1.807, 2.05) is 25.7 Å². The molecule has 20 heavy (non-hydrogen) atoms. The SMILES string of the molecule is CCC(C)C1NC(=O)CC(C)N(Cc2cncs2)C1=O. The van der Waals surface area contributed by atoms with E-state index in [1.165, 1.54) is 11.3 Å². The first-order chi connectivity index (χ1) is 9.52. The molecule has 1 aromatic rings. The van der Waals surface area contributed by atoms with Crippen molar-refractivity contribution < 1.29 is 9.59 Å². The molecule has 2 rings (SSSR count). The lowest BCUT2D eigenvalue weighted by Gasteiger charge is -2.30. The summed E-state index contributed by atoms with van der Waals surface area (Å²) < 4.78 is 0. The van der Waals surface area contributed by atoms with E-state index in [-0.39, 0.29) is 23.8 Å². The fourth-order valence-electron chi connectivity index (χ4n) is 2.41. The maximum absolute atomic E-state index is 12.7. The van der Waals surface area contributed by atoms with Gasteiger partial charge < -0.3 is 10.2 Å². The molecule has 1 aromatic heterocycles. The van der Waals surface area contributed by atoms with Gasteiger partial charge in [-0.3, -0.25) is 14.6 Å². The molecule has 2 amide bonds. The zero-order valence-corrected chi connectivity index (χ0v) is 12.9. The van der Waals surface area contributed by atoms with Crippen molar-refractivity contribution in [1.82, 2.24) is 15.2 Å². The van der Waals surface area contributed by atoms with E-state index in [4.69, 9.17) is 0 Å². The zero-order valence-electron chi connectivity index (χ0n) is 12.1. The third-order valence-electron chi connectivity index (χ3n) is 3.90. The van der Waals surface area contributed by atoms with E-state index in [2.05, 4.69) is 10.3 Å². The zero-order chi connectivity index (χ0) is 14.7. The first-order valence-corrected chi connectivity index (χ1v) is 7.88. The second-order valence-corrected chi connectivity index (χ2v) is 6.39.